The summed E-state index contributed by atoms with van der Waals surface area (Å²) in [4.78, 5) is 0. The summed E-state index contributed by atoms with van der Waals surface area (Å²) in [5.41, 5.74) is 2.44. The van der Waals surface area contributed by atoms with Crippen molar-refractivity contribution in [3.05, 3.63) is 74.4 Å². The van der Waals surface area contributed by atoms with Crippen LogP contribution in [-0.2, 0) is 13.0 Å². The molecule has 2 aromatic carbocycles. The van der Waals surface area contributed by atoms with Gasteiger partial charge in [-0.1, -0.05) is 72.9 Å². The van der Waals surface area contributed by atoms with Crippen LogP contribution in [0, 0.1) is 5.92 Å². The fraction of sp³-hybridized carbons (Fsp3) is 0.333. The first-order valence-corrected chi connectivity index (χ1v) is 10.1. The standard InChI is InChI=1S/C21H21Cl3N2O2/c1-12(2)8-14-4-6-15(7-5-14)13(3)21-26-25-19(28-21)11-27-20-17(23)9-16(22)10-18(20)24/h4-7,9-10,12-13H,8,11H2,1-3H3. The van der Waals surface area contributed by atoms with E-state index in [0.717, 1.165) is 12.0 Å². The second-order valence-electron chi connectivity index (χ2n) is 7.08. The number of nitrogens with zero attached hydrogens (tertiary/aromatic N) is 2. The lowest BCUT2D eigenvalue weighted by molar-refractivity contribution is 0.258. The van der Waals surface area contributed by atoms with Gasteiger partial charge in [0.15, 0.2) is 12.4 Å². The number of rotatable bonds is 7. The number of aromatic nitrogens is 2. The summed E-state index contributed by atoms with van der Waals surface area (Å²) in [6, 6.07) is 11.6. The van der Waals surface area contributed by atoms with Gasteiger partial charge < -0.3 is 9.15 Å². The molecule has 1 heterocycles. The summed E-state index contributed by atoms with van der Waals surface area (Å²) < 4.78 is 11.4. The van der Waals surface area contributed by atoms with Gasteiger partial charge in [0.05, 0.1) is 16.0 Å². The zero-order valence-electron chi connectivity index (χ0n) is 15.9. The quantitative estimate of drug-likeness (QED) is 0.399. The Morgan fingerprint density at radius 3 is 2.21 bits per heavy atom. The molecule has 148 valence electrons. The van der Waals surface area contributed by atoms with Crippen LogP contribution in [0.2, 0.25) is 15.1 Å². The molecule has 0 saturated carbocycles. The lowest BCUT2D eigenvalue weighted by Crippen LogP contribution is -1.98. The predicted molar refractivity (Wildman–Crippen MR) is 113 cm³/mol. The topological polar surface area (TPSA) is 48.2 Å². The fourth-order valence-electron chi connectivity index (χ4n) is 2.86. The average Bonchev–Trinajstić information content (AvgIpc) is 3.09. The Balaban J connectivity index is 1.66. The smallest absolute Gasteiger partial charge is 0.253 e. The van der Waals surface area contributed by atoms with Gasteiger partial charge in [-0.25, -0.2) is 0 Å². The molecule has 3 aromatic rings. The molecular weight excluding hydrogens is 419 g/mol. The minimum Gasteiger partial charge on any atom is -0.481 e. The Kier molecular flexibility index (Phi) is 6.86. The third-order valence-corrected chi connectivity index (χ3v) is 5.06. The van der Waals surface area contributed by atoms with Crippen molar-refractivity contribution < 1.29 is 9.15 Å². The second-order valence-corrected chi connectivity index (χ2v) is 8.33. The van der Waals surface area contributed by atoms with Crippen LogP contribution in [0.3, 0.4) is 0 Å². The van der Waals surface area contributed by atoms with Crippen molar-refractivity contribution in [2.75, 3.05) is 0 Å². The molecule has 3 rings (SSSR count). The van der Waals surface area contributed by atoms with Crippen molar-refractivity contribution in [3.8, 4) is 5.75 Å². The number of benzene rings is 2. The van der Waals surface area contributed by atoms with E-state index in [1.807, 2.05) is 6.92 Å². The number of hydrogen-bond donors (Lipinski definition) is 0. The van der Waals surface area contributed by atoms with Crippen LogP contribution in [0.1, 0.15) is 49.6 Å². The number of halogens is 3. The van der Waals surface area contributed by atoms with Crippen LogP contribution in [0.15, 0.2) is 40.8 Å². The van der Waals surface area contributed by atoms with Crippen LogP contribution < -0.4 is 4.74 Å². The fourth-order valence-corrected chi connectivity index (χ4v) is 3.78. The van der Waals surface area contributed by atoms with E-state index in [9.17, 15) is 0 Å². The maximum Gasteiger partial charge on any atom is 0.253 e. The SMILES string of the molecule is CC(C)Cc1ccc(C(C)c2nnc(COc3c(Cl)cc(Cl)cc3Cl)o2)cc1. The lowest BCUT2D eigenvalue weighted by Gasteiger charge is -2.10. The molecule has 0 N–H and O–H groups in total. The third-order valence-electron chi connectivity index (χ3n) is 4.28. The molecule has 4 nitrogen and oxygen atoms in total. The molecule has 0 aliphatic carbocycles. The molecule has 0 aliphatic rings. The first kappa shape index (κ1) is 21.0. The Bertz CT molecular complexity index is 916. The highest BCUT2D eigenvalue weighted by molar-refractivity contribution is 6.40. The minimum absolute atomic E-state index is 0.0166. The number of ether oxygens (including phenoxy) is 1. The molecule has 1 atom stereocenters. The summed E-state index contributed by atoms with van der Waals surface area (Å²) in [7, 11) is 0. The normalized spacial score (nSPS) is 12.4. The van der Waals surface area contributed by atoms with Crippen molar-refractivity contribution in [2.45, 2.75) is 39.7 Å². The molecule has 7 heteroatoms. The maximum absolute atomic E-state index is 6.12. The van der Waals surface area contributed by atoms with Gasteiger partial charge in [-0.3, -0.25) is 0 Å². The van der Waals surface area contributed by atoms with Crippen molar-refractivity contribution >= 4 is 34.8 Å². The molecule has 0 bridgehead atoms. The second kappa shape index (κ2) is 9.17. The molecule has 1 aromatic heterocycles. The maximum atomic E-state index is 6.12. The largest absolute Gasteiger partial charge is 0.481 e. The Morgan fingerprint density at radius 2 is 1.61 bits per heavy atom. The van der Waals surface area contributed by atoms with E-state index < -0.39 is 0 Å². The Labute approximate surface area is 179 Å². The van der Waals surface area contributed by atoms with E-state index in [0.29, 0.717) is 38.5 Å². The summed E-state index contributed by atoms with van der Waals surface area (Å²) >= 11 is 18.1. The van der Waals surface area contributed by atoms with E-state index in [2.05, 4.69) is 48.3 Å². The van der Waals surface area contributed by atoms with Gasteiger partial charge in [0.2, 0.25) is 5.89 Å². The molecular formula is C21H21Cl3N2O2. The zero-order valence-corrected chi connectivity index (χ0v) is 18.1. The van der Waals surface area contributed by atoms with Crippen LogP contribution in [0.4, 0.5) is 0 Å². The molecule has 0 amide bonds. The van der Waals surface area contributed by atoms with Gasteiger partial charge in [0.25, 0.3) is 5.89 Å². The molecule has 0 saturated heterocycles. The predicted octanol–water partition coefficient (Wildman–Crippen LogP) is 6.96. The molecule has 0 spiro atoms. The molecule has 0 radical (unpaired) electrons. The van der Waals surface area contributed by atoms with Gasteiger partial charge >= 0.3 is 0 Å². The first-order valence-electron chi connectivity index (χ1n) is 9.02. The third kappa shape index (κ3) is 5.19. The molecule has 28 heavy (non-hydrogen) atoms. The van der Waals surface area contributed by atoms with Crippen LogP contribution in [-0.4, -0.2) is 10.2 Å². The monoisotopic (exact) mass is 438 g/mol. The molecule has 0 aliphatic heterocycles. The van der Waals surface area contributed by atoms with Gasteiger partial charge in [-0.05, 0) is 42.5 Å². The van der Waals surface area contributed by atoms with E-state index in [1.165, 1.54) is 5.56 Å². The van der Waals surface area contributed by atoms with Crippen LogP contribution in [0.25, 0.3) is 0 Å². The number of hydrogen-bond acceptors (Lipinski definition) is 4. The van der Waals surface area contributed by atoms with Crippen LogP contribution >= 0.6 is 34.8 Å². The minimum atomic E-state index is -0.0166. The van der Waals surface area contributed by atoms with Crippen molar-refractivity contribution in [1.82, 2.24) is 10.2 Å². The van der Waals surface area contributed by atoms with Gasteiger partial charge in [0, 0.05) is 5.02 Å². The molecule has 0 fully saturated rings. The summed E-state index contributed by atoms with van der Waals surface area (Å²) in [5, 5.41) is 9.30. The highest BCUT2D eigenvalue weighted by Crippen LogP contribution is 2.36. The highest BCUT2D eigenvalue weighted by Gasteiger charge is 2.17. The van der Waals surface area contributed by atoms with Crippen molar-refractivity contribution in [2.24, 2.45) is 5.92 Å². The van der Waals surface area contributed by atoms with E-state index in [1.54, 1.807) is 12.1 Å². The van der Waals surface area contributed by atoms with E-state index in [-0.39, 0.29) is 12.5 Å². The van der Waals surface area contributed by atoms with Gasteiger partial charge in [-0.15, -0.1) is 10.2 Å². The summed E-state index contributed by atoms with van der Waals surface area (Å²) in [6.07, 6.45) is 1.06. The van der Waals surface area contributed by atoms with E-state index in [4.69, 9.17) is 44.0 Å². The summed E-state index contributed by atoms with van der Waals surface area (Å²) in [5.74, 6) is 1.83. The van der Waals surface area contributed by atoms with Crippen molar-refractivity contribution in [3.63, 3.8) is 0 Å². The highest BCUT2D eigenvalue weighted by atomic mass is 35.5. The van der Waals surface area contributed by atoms with Gasteiger partial charge in [-0.2, -0.15) is 0 Å². The Morgan fingerprint density at radius 1 is 0.964 bits per heavy atom. The van der Waals surface area contributed by atoms with Crippen LogP contribution in [0.5, 0.6) is 5.75 Å². The molecule has 1 unspecified atom stereocenters. The van der Waals surface area contributed by atoms with Crippen molar-refractivity contribution in [1.29, 1.82) is 0 Å². The Hall–Kier alpha value is -1.75. The van der Waals surface area contributed by atoms with E-state index >= 15 is 0 Å². The summed E-state index contributed by atoms with van der Waals surface area (Å²) in [6.45, 7) is 6.52. The van der Waals surface area contributed by atoms with Gasteiger partial charge in [0.1, 0.15) is 0 Å². The first-order chi connectivity index (χ1) is 13.3. The lowest BCUT2D eigenvalue weighted by atomic mass is 9.97. The zero-order chi connectivity index (χ0) is 20.3. The average molecular weight is 440 g/mol.